The Bertz CT molecular complexity index is 1120. The molecule has 0 bridgehead atoms. The number of nitriles is 1. The molecule has 1 aliphatic carbocycles. The number of anilines is 2. The summed E-state index contributed by atoms with van der Waals surface area (Å²) >= 11 is 0. The summed E-state index contributed by atoms with van der Waals surface area (Å²) in [6.07, 6.45) is 6.19. The molecule has 0 amide bonds. The van der Waals surface area contributed by atoms with Gasteiger partial charge in [0, 0.05) is 19.3 Å². The van der Waals surface area contributed by atoms with Crippen molar-refractivity contribution in [3.8, 4) is 6.07 Å². The molecule has 1 fully saturated rings. The minimum Gasteiger partial charge on any atom is -0.368 e. The maximum Gasteiger partial charge on any atom is 0.222 e. The summed E-state index contributed by atoms with van der Waals surface area (Å²) in [5.74, 6) is 1.01. The van der Waals surface area contributed by atoms with Crippen molar-refractivity contribution in [2.24, 2.45) is 12.8 Å². The summed E-state index contributed by atoms with van der Waals surface area (Å²) in [4.78, 5) is 13.4. The van der Waals surface area contributed by atoms with Crippen molar-refractivity contribution in [3.05, 3.63) is 40.8 Å². The summed E-state index contributed by atoms with van der Waals surface area (Å²) in [7, 11) is 2.04. The Morgan fingerprint density at radius 3 is 2.67 bits per heavy atom. The molecule has 4 rings (SSSR count). The third-order valence-electron chi connectivity index (χ3n) is 6.12. The van der Waals surface area contributed by atoms with Crippen molar-refractivity contribution in [2.75, 3.05) is 11.1 Å². The van der Waals surface area contributed by atoms with Crippen molar-refractivity contribution in [1.29, 1.82) is 5.26 Å². The first-order chi connectivity index (χ1) is 14.4. The van der Waals surface area contributed by atoms with Crippen molar-refractivity contribution in [1.82, 2.24) is 19.5 Å². The van der Waals surface area contributed by atoms with Crippen LogP contribution in [0.5, 0.6) is 0 Å². The zero-order chi connectivity index (χ0) is 21.4. The number of nitrogens with zero attached hydrogens (tertiary/aromatic N) is 5. The zero-order valence-electron chi connectivity index (χ0n) is 17.7. The predicted octanol–water partition coefficient (Wildman–Crippen LogP) is 3.28. The van der Waals surface area contributed by atoms with Gasteiger partial charge in [0.25, 0.3) is 0 Å². The summed E-state index contributed by atoms with van der Waals surface area (Å²) in [6, 6.07) is 6.61. The lowest BCUT2D eigenvalue weighted by Crippen LogP contribution is -2.26. The molecule has 0 unspecified atom stereocenters. The molecule has 1 atom stereocenters. The topological polar surface area (TPSA) is 131 Å². The third kappa shape index (κ3) is 3.68. The molecule has 0 aromatic carbocycles. The van der Waals surface area contributed by atoms with Gasteiger partial charge in [-0.1, -0.05) is 0 Å². The predicted molar refractivity (Wildman–Crippen MR) is 118 cm³/mol. The van der Waals surface area contributed by atoms with Crippen LogP contribution in [-0.2, 0) is 7.05 Å². The molecular formula is C22H28N8. The first kappa shape index (κ1) is 20.1. The molecule has 3 aromatic heterocycles. The van der Waals surface area contributed by atoms with Crippen molar-refractivity contribution in [3.63, 3.8) is 0 Å². The number of nitrogens with two attached hydrogens (primary N) is 2. The van der Waals surface area contributed by atoms with Crippen LogP contribution in [0.3, 0.4) is 0 Å². The van der Waals surface area contributed by atoms with Crippen molar-refractivity contribution < 1.29 is 0 Å². The molecule has 1 saturated carbocycles. The molecule has 0 saturated heterocycles. The normalized spacial score (nSPS) is 20.1. The van der Waals surface area contributed by atoms with Crippen LogP contribution in [0.1, 0.15) is 67.1 Å². The monoisotopic (exact) mass is 404 g/mol. The number of pyridine rings is 1. The van der Waals surface area contributed by atoms with Crippen molar-refractivity contribution >= 4 is 22.8 Å². The number of nitrogens with one attached hydrogen (secondary N) is 1. The number of nitrogen functional groups attached to an aromatic ring is 1. The summed E-state index contributed by atoms with van der Waals surface area (Å²) in [5, 5.41) is 12.9. The van der Waals surface area contributed by atoms with Crippen LogP contribution < -0.4 is 16.8 Å². The highest BCUT2D eigenvalue weighted by molar-refractivity contribution is 5.77. The first-order valence-corrected chi connectivity index (χ1v) is 10.4. The lowest BCUT2D eigenvalue weighted by molar-refractivity contribution is 0.393. The Hall–Kier alpha value is -3.18. The lowest BCUT2D eigenvalue weighted by atomic mass is 9.80. The van der Waals surface area contributed by atoms with Crippen LogP contribution in [-0.4, -0.2) is 25.6 Å². The first-order valence-electron chi connectivity index (χ1n) is 10.4. The molecule has 0 aliphatic heterocycles. The molecule has 3 heterocycles. The van der Waals surface area contributed by atoms with Crippen LogP contribution >= 0.6 is 0 Å². The van der Waals surface area contributed by atoms with E-state index in [9.17, 15) is 5.26 Å². The van der Waals surface area contributed by atoms with Gasteiger partial charge in [0.15, 0.2) is 0 Å². The second-order valence-electron chi connectivity index (χ2n) is 8.27. The second-order valence-corrected chi connectivity index (χ2v) is 8.27. The van der Waals surface area contributed by atoms with E-state index in [1.54, 1.807) is 6.92 Å². The van der Waals surface area contributed by atoms with Crippen LogP contribution in [0, 0.1) is 18.3 Å². The molecule has 0 spiro atoms. The molecular weight excluding hydrogens is 376 g/mol. The van der Waals surface area contributed by atoms with E-state index in [1.165, 1.54) is 5.56 Å². The van der Waals surface area contributed by atoms with Gasteiger partial charge < -0.3 is 21.4 Å². The Balaban J connectivity index is 1.76. The summed E-state index contributed by atoms with van der Waals surface area (Å²) in [5.41, 5.74) is 17.2. The van der Waals surface area contributed by atoms with Gasteiger partial charge in [-0.15, -0.1) is 0 Å². The van der Waals surface area contributed by atoms with E-state index < -0.39 is 0 Å². The van der Waals surface area contributed by atoms with E-state index >= 15 is 0 Å². The zero-order valence-corrected chi connectivity index (χ0v) is 17.7. The number of aromatic nitrogens is 4. The van der Waals surface area contributed by atoms with Gasteiger partial charge >= 0.3 is 0 Å². The highest BCUT2D eigenvalue weighted by atomic mass is 15.1. The molecule has 8 heteroatoms. The molecule has 5 N–H and O–H groups in total. The number of rotatable bonds is 4. The van der Waals surface area contributed by atoms with Gasteiger partial charge in [-0.05, 0) is 63.1 Å². The fourth-order valence-electron chi connectivity index (χ4n) is 4.42. The van der Waals surface area contributed by atoms with E-state index in [1.807, 2.05) is 26.2 Å². The molecule has 0 radical (unpaired) electrons. The molecule has 3 aromatic rings. The van der Waals surface area contributed by atoms with E-state index in [0.717, 1.165) is 42.4 Å². The van der Waals surface area contributed by atoms with Crippen LogP contribution in [0.15, 0.2) is 18.3 Å². The maximum atomic E-state index is 9.56. The Kier molecular flexibility index (Phi) is 5.31. The second kappa shape index (κ2) is 7.92. The van der Waals surface area contributed by atoms with Gasteiger partial charge in [0.2, 0.25) is 5.95 Å². The van der Waals surface area contributed by atoms with E-state index in [-0.39, 0.29) is 18.0 Å². The summed E-state index contributed by atoms with van der Waals surface area (Å²) < 4.78 is 2.10. The van der Waals surface area contributed by atoms with Crippen LogP contribution in [0.2, 0.25) is 0 Å². The van der Waals surface area contributed by atoms with Gasteiger partial charge in [-0.25, -0.2) is 9.97 Å². The maximum absolute atomic E-state index is 9.56. The van der Waals surface area contributed by atoms with Crippen LogP contribution in [0.4, 0.5) is 11.8 Å². The lowest BCUT2D eigenvalue weighted by Gasteiger charge is -2.29. The molecule has 30 heavy (non-hydrogen) atoms. The number of hydrogen-bond donors (Lipinski definition) is 3. The molecule has 1 aliphatic rings. The van der Waals surface area contributed by atoms with Crippen LogP contribution in [0.25, 0.3) is 11.0 Å². The van der Waals surface area contributed by atoms with Gasteiger partial charge in [-0.2, -0.15) is 10.2 Å². The molecule has 8 nitrogen and oxygen atoms in total. The highest BCUT2D eigenvalue weighted by Gasteiger charge is 2.26. The van der Waals surface area contributed by atoms with Gasteiger partial charge in [-0.3, -0.25) is 0 Å². The number of hydrogen-bond acceptors (Lipinski definition) is 7. The summed E-state index contributed by atoms with van der Waals surface area (Å²) in [6.45, 7) is 3.81. The quantitative estimate of drug-likeness (QED) is 0.608. The Labute approximate surface area is 176 Å². The SMILES string of the molecule is Cc1nc(N)nc(N[C@@H](C)c2nc3ccn(C)c3cc2[C@H]2CC[C@H](N)CC2)c1C#N. The fourth-order valence-corrected chi connectivity index (χ4v) is 4.42. The smallest absolute Gasteiger partial charge is 0.222 e. The van der Waals surface area contributed by atoms with Gasteiger partial charge in [0.1, 0.15) is 17.5 Å². The third-order valence-corrected chi connectivity index (χ3v) is 6.12. The van der Waals surface area contributed by atoms with Crippen molar-refractivity contribution in [2.45, 2.75) is 57.5 Å². The number of fused-ring (bicyclic) bond motifs is 1. The average Bonchev–Trinajstić information content (AvgIpc) is 3.07. The molecule has 156 valence electrons. The fraction of sp³-hybridized carbons (Fsp3) is 0.455. The Morgan fingerprint density at radius 2 is 1.97 bits per heavy atom. The Morgan fingerprint density at radius 1 is 1.23 bits per heavy atom. The minimum absolute atomic E-state index is 0.147. The minimum atomic E-state index is -0.152. The average molecular weight is 405 g/mol. The highest BCUT2D eigenvalue weighted by Crippen LogP contribution is 2.37. The van der Waals surface area contributed by atoms with E-state index in [0.29, 0.717) is 23.0 Å². The number of aryl methyl sites for hydroxylation is 2. The van der Waals surface area contributed by atoms with E-state index in [2.05, 4.69) is 32.0 Å². The van der Waals surface area contributed by atoms with Gasteiger partial charge in [0.05, 0.1) is 28.5 Å². The largest absolute Gasteiger partial charge is 0.368 e. The van der Waals surface area contributed by atoms with E-state index in [4.69, 9.17) is 16.5 Å². The standard InChI is InChI=1S/C22H28N8/c1-12-17(11-23)21(29-22(25)27-12)26-13(2)20-16(14-4-6-15(24)7-5-14)10-19-18(28-20)8-9-30(19)3/h8-10,13-15H,4-7,24H2,1-3H3,(H3,25,26,27,29)/t13-,14-,15-/m0/s1.